The van der Waals surface area contributed by atoms with Gasteiger partial charge in [0.1, 0.15) is 11.5 Å². The van der Waals surface area contributed by atoms with Crippen molar-refractivity contribution in [1.82, 2.24) is 10.6 Å². The van der Waals surface area contributed by atoms with Crippen LogP contribution >= 0.6 is 11.8 Å². The van der Waals surface area contributed by atoms with Crippen molar-refractivity contribution < 1.29 is 19.4 Å². The lowest BCUT2D eigenvalue weighted by atomic mass is 9.88. The number of phenolic OH excluding ortho intramolecular Hbond substituents is 1. The van der Waals surface area contributed by atoms with Crippen LogP contribution in [0.2, 0.25) is 0 Å². The third kappa shape index (κ3) is 8.92. The summed E-state index contributed by atoms with van der Waals surface area (Å²) in [6.07, 6.45) is 12.5. The molecule has 0 saturated heterocycles. The van der Waals surface area contributed by atoms with Crippen LogP contribution in [0.1, 0.15) is 80.1 Å². The number of para-hydroxylation sites is 1. The third-order valence-corrected chi connectivity index (χ3v) is 9.84. The van der Waals surface area contributed by atoms with Gasteiger partial charge < -0.3 is 20.5 Å². The summed E-state index contributed by atoms with van der Waals surface area (Å²) >= 11 is 1.93. The number of aromatic hydroxyl groups is 1. The van der Waals surface area contributed by atoms with E-state index in [1.807, 2.05) is 23.9 Å². The highest BCUT2D eigenvalue weighted by atomic mass is 32.2. The first-order valence-corrected chi connectivity index (χ1v) is 15.7. The Labute approximate surface area is 237 Å². The average Bonchev–Trinajstić information content (AvgIpc) is 2.98. The molecule has 2 atom stereocenters. The van der Waals surface area contributed by atoms with E-state index in [1.54, 1.807) is 25.3 Å². The zero-order chi connectivity index (χ0) is 27.5. The van der Waals surface area contributed by atoms with Crippen LogP contribution in [0, 0.1) is 11.8 Å². The third-order valence-electron chi connectivity index (χ3n) is 8.25. The van der Waals surface area contributed by atoms with E-state index in [2.05, 4.69) is 22.8 Å². The molecule has 2 aliphatic carbocycles. The quantitative estimate of drug-likeness (QED) is 0.295. The summed E-state index contributed by atoms with van der Waals surface area (Å²) in [5.74, 6) is 2.36. The number of carbonyl (C=O) groups is 2. The number of carbonyl (C=O) groups excluding carboxylic acids is 2. The lowest BCUT2D eigenvalue weighted by Crippen LogP contribution is -2.51. The van der Waals surface area contributed by atoms with Crippen LogP contribution in [0.3, 0.4) is 0 Å². The molecule has 2 aromatic carbocycles. The molecular formula is C32H44N2O4S. The minimum absolute atomic E-state index is 0.0418. The van der Waals surface area contributed by atoms with Gasteiger partial charge in [0, 0.05) is 17.7 Å². The van der Waals surface area contributed by atoms with Crippen LogP contribution in [0.5, 0.6) is 11.5 Å². The van der Waals surface area contributed by atoms with Crippen molar-refractivity contribution in [1.29, 1.82) is 0 Å². The first-order valence-electron chi connectivity index (χ1n) is 14.6. The molecule has 2 unspecified atom stereocenters. The molecule has 39 heavy (non-hydrogen) atoms. The number of hydrogen-bond acceptors (Lipinski definition) is 5. The molecule has 7 heteroatoms. The van der Waals surface area contributed by atoms with Crippen molar-refractivity contribution in [3.63, 3.8) is 0 Å². The molecule has 2 amide bonds. The average molecular weight is 553 g/mol. The Morgan fingerprint density at radius 1 is 0.949 bits per heavy atom. The van der Waals surface area contributed by atoms with E-state index in [9.17, 15) is 14.7 Å². The Hall–Kier alpha value is -2.67. The first-order chi connectivity index (χ1) is 19.0. The van der Waals surface area contributed by atoms with Gasteiger partial charge in [0.25, 0.3) is 5.91 Å². The number of amides is 2. The van der Waals surface area contributed by atoms with E-state index in [-0.39, 0.29) is 40.3 Å². The van der Waals surface area contributed by atoms with E-state index in [1.165, 1.54) is 50.2 Å². The van der Waals surface area contributed by atoms with Gasteiger partial charge in [0.2, 0.25) is 5.91 Å². The van der Waals surface area contributed by atoms with Crippen LogP contribution in [0.25, 0.3) is 0 Å². The smallest absolute Gasteiger partial charge is 0.255 e. The fourth-order valence-electron chi connectivity index (χ4n) is 5.83. The summed E-state index contributed by atoms with van der Waals surface area (Å²) in [7, 11) is 1.67. The minimum atomic E-state index is -0.328. The summed E-state index contributed by atoms with van der Waals surface area (Å²) in [6, 6.07) is 14.5. The summed E-state index contributed by atoms with van der Waals surface area (Å²) in [4.78, 5) is 26.4. The topological polar surface area (TPSA) is 87.7 Å². The number of nitrogens with one attached hydrogen (secondary N) is 2. The second-order valence-corrected chi connectivity index (χ2v) is 12.4. The van der Waals surface area contributed by atoms with Crippen LogP contribution in [-0.4, -0.2) is 47.6 Å². The highest BCUT2D eigenvalue weighted by Crippen LogP contribution is 2.31. The van der Waals surface area contributed by atoms with Crippen molar-refractivity contribution in [3.8, 4) is 11.5 Å². The van der Waals surface area contributed by atoms with Gasteiger partial charge in [-0.15, -0.1) is 0 Å². The Morgan fingerprint density at radius 3 is 2.28 bits per heavy atom. The Balaban J connectivity index is 1.53. The van der Waals surface area contributed by atoms with Crippen molar-refractivity contribution in [3.05, 3.63) is 59.7 Å². The lowest BCUT2D eigenvalue weighted by molar-refractivity contribution is -0.126. The van der Waals surface area contributed by atoms with Gasteiger partial charge in [-0.25, -0.2) is 0 Å². The predicted octanol–water partition coefficient (Wildman–Crippen LogP) is 6.12. The van der Waals surface area contributed by atoms with E-state index >= 15 is 0 Å². The number of ether oxygens (including phenoxy) is 1. The number of thioether (sulfide) groups is 1. The summed E-state index contributed by atoms with van der Waals surface area (Å²) < 4.78 is 5.35. The van der Waals surface area contributed by atoms with Gasteiger partial charge in [-0.3, -0.25) is 9.59 Å². The number of methoxy groups -OCH3 is 1. The summed E-state index contributed by atoms with van der Waals surface area (Å²) in [5, 5.41) is 16.7. The first kappa shape index (κ1) is 29.3. The maximum atomic E-state index is 13.4. The van der Waals surface area contributed by atoms with Gasteiger partial charge in [-0.05, 0) is 73.6 Å². The Morgan fingerprint density at radius 2 is 1.62 bits per heavy atom. The summed E-state index contributed by atoms with van der Waals surface area (Å²) in [5.41, 5.74) is 1.43. The fraction of sp³-hybridized carbons (Fsp3) is 0.562. The molecule has 2 fully saturated rings. The number of hydrogen-bond donors (Lipinski definition) is 3. The van der Waals surface area contributed by atoms with E-state index in [4.69, 9.17) is 4.74 Å². The number of rotatable bonds is 12. The Bertz CT molecular complexity index is 1050. The zero-order valence-electron chi connectivity index (χ0n) is 23.2. The summed E-state index contributed by atoms with van der Waals surface area (Å²) in [6.45, 7) is 0.310. The van der Waals surface area contributed by atoms with Crippen molar-refractivity contribution in [2.45, 2.75) is 81.9 Å². The molecule has 2 saturated carbocycles. The molecule has 6 nitrogen and oxygen atoms in total. The van der Waals surface area contributed by atoms with Crippen LogP contribution < -0.4 is 15.4 Å². The molecule has 4 rings (SSSR count). The molecule has 0 spiro atoms. The predicted molar refractivity (Wildman–Crippen MR) is 158 cm³/mol. The lowest BCUT2D eigenvalue weighted by Gasteiger charge is -2.32. The van der Waals surface area contributed by atoms with Gasteiger partial charge >= 0.3 is 0 Å². The molecular weight excluding hydrogens is 508 g/mol. The minimum Gasteiger partial charge on any atom is -0.507 e. The van der Waals surface area contributed by atoms with Crippen molar-refractivity contribution in [2.75, 3.05) is 19.4 Å². The number of phenols is 1. The fourth-order valence-corrected chi connectivity index (χ4v) is 7.39. The zero-order valence-corrected chi connectivity index (χ0v) is 24.0. The van der Waals surface area contributed by atoms with Crippen molar-refractivity contribution in [2.24, 2.45) is 11.8 Å². The van der Waals surface area contributed by atoms with E-state index in [0.717, 1.165) is 43.6 Å². The highest BCUT2D eigenvalue weighted by molar-refractivity contribution is 7.99. The molecule has 0 aliphatic heterocycles. The van der Waals surface area contributed by atoms with Gasteiger partial charge in [-0.1, -0.05) is 62.8 Å². The van der Waals surface area contributed by atoms with Crippen molar-refractivity contribution >= 4 is 23.6 Å². The largest absolute Gasteiger partial charge is 0.507 e. The molecule has 0 heterocycles. The Kier molecular flexibility index (Phi) is 11.4. The van der Waals surface area contributed by atoms with Crippen LogP contribution in [0.4, 0.5) is 0 Å². The molecule has 2 aliphatic rings. The molecule has 2 aromatic rings. The normalized spacial score (nSPS) is 18.2. The van der Waals surface area contributed by atoms with E-state index in [0.29, 0.717) is 12.5 Å². The van der Waals surface area contributed by atoms with Crippen LogP contribution in [-0.2, 0) is 11.2 Å². The van der Waals surface area contributed by atoms with Gasteiger partial charge in [0.05, 0.1) is 18.7 Å². The maximum absolute atomic E-state index is 13.4. The highest BCUT2D eigenvalue weighted by Gasteiger charge is 2.30. The SMILES string of the molecule is COc1ccc(CC(SCC2CCCCC2)C(CNC(=O)c2ccccc2O)NC(=O)C2CCCCC2)cc1. The molecule has 0 bridgehead atoms. The number of benzene rings is 2. The second kappa shape index (κ2) is 15.2. The molecule has 0 aromatic heterocycles. The van der Waals surface area contributed by atoms with Gasteiger partial charge in [-0.2, -0.15) is 11.8 Å². The monoisotopic (exact) mass is 552 g/mol. The molecule has 3 N–H and O–H groups in total. The van der Waals surface area contributed by atoms with Gasteiger partial charge in [0.15, 0.2) is 0 Å². The molecule has 212 valence electrons. The molecule has 0 radical (unpaired) electrons. The van der Waals surface area contributed by atoms with E-state index < -0.39 is 0 Å². The second-order valence-electron chi connectivity index (χ2n) is 11.1. The maximum Gasteiger partial charge on any atom is 0.255 e. The standard InChI is InChI=1S/C32H44N2O4S/c1-38-26-18-16-23(17-19-26)20-30(39-22-24-10-4-2-5-11-24)28(34-31(36)25-12-6-3-7-13-25)21-33-32(37)27-14-8-9-15-29(27)35/h8-9,14-19,24-25,28,30,35H,2-7,10-13,20-22H2,1H3,(H,33,37)(H,34,36). The van der Waals surface area contributed by atoms with Crippen LogP contribution in [0.15, 0.2) is 48.5 Å².